The molecular weight excluding hydrogens is 418 g/mol. The van der Waals surface area contributed by atoms with Crippen molar-refractivity contribution in [1.29, 1.82) is 0 Å². The summed E-state index contributed by atoms with van der Waals surface area (Å²) >= 11 is 0. The molecule has 9 nitrogen and oxygen atoms in total. The quantitative estimate of drug-likeness (QED) is 0.562. The van der Waals surface area contributed by atoms with E-state index in [2.05, 4.69) is 47.4 Å². The molecule has 2 atom stereocenters. The molecule has 0 aromatic carbocycles. The lowest BCUT2D eigenvalue weighted by molar-refractivity contribution is 0.0981. The Kier molecular flexibility index (Phi) is 6.40. The molecule has 0 spiro atoms. The Morgan fingerprint density at radius 1 is 1.24 bits per heavy atom. The average Bonchev–Trinajstić information content (AvgIpc) is 3.48. The number of ether oxygens (including phenoxy) is 1. The topological polar surface area (TPSA) is 98.9 Å². The maximum Gasteiger partial charge on any atom is 0.407 e. The number of carbonyl (C=O) groups is 1. The third-order valence-electron chi connectivity index (χ3n) is 5.65. The highest BCUT2D eigenvalue weighted by molar-refractivity contribution is 5.67. The number of alkyl carbamates (subject to hydrolysis) is 1. The Bertz CT molecular complexity index is 1070. The van der Waals surface area contributed by atoms with Crippen LogP contribution in [-0.4, -0.2) is 42.6 Å². The van der Waals surface area contributed by atoms with Gasteiger partial charge in [0, 0.05) is 30.4 Å². The molecule has 176 valence electrons. The molecule has 1 fully saturated rings. The molecule has 1 amide bonds. The zero-order valence-corrected chi connectivity index (χ0v) is 19.9. The van der Waals surface area contributed by atoms with Gasteiger partial charge in [0.15, 0.2) is 0 Å². The van der Waals surface area contributed by atoms with Crippen molar-refractivity contribution in [3.05, 3.63) is 48.8 Å². The summed E-state index contributed by atoms with van der Waals surface area (Å²) in [6, 6.07) is 6.10. The lowest BCUT2D eigenvalue weighted by atomic mass is 10.0. The van der Waals surface area contributed by atoms with E-state index in [-0.39, 0.29) is 29.7 Å². The van der Waals surface area contributed by atoms with Gasteiger partial charge in [0.05, 0.1) is 29.4 Å². The molecule has 0 aliphatic heterocycles. The standard InChI is InChI=1S/C24H33N7O2/c1-16(2)27-23(32)33-19-8-6-17(12-19)20-13-22(31(29-20)24(3,4)5)28-21-9-7-18(14-26-21)30-11-10-25-15-30/h7,9-11,13-17,19H,6,8,12H2,1-5H3,(H,26,28)(H,27,32)/t17-,19+/m0/s1. The van der Waals surface area contributed by atoms with Crippen LogP contribution >= 0.6 is 0 Å². The van der Waals surface area contributed by atoms with Crippen molar-refractivity contribution in [2.75, 3.05) is 5.32 Å². The number of carbonyl (C=O) groups excluding carboxylic acids is 1. The zero-order valence-electron chi connectivity index (χ0n) is 19.9. The van der Waals surface area contributed by atoms with Gasteiger partial charge in [-0.15, -0.1) is 0 Å². The Hall–Kier alpha value is -3.36. The minimum absolute atomic E-state index is 0.0634. The van der Waals surface area contributed by atoms with Gasteiger partial charge in [-0.25, -0.2) is 19.4 Å². The first-order valence-corrected chi connectivity index (χ1v) is 11.5. The van der Waals surface area contributed by atoms with Crippen molar-refractivity contribution in [1.82, 2.24) is 29.6 Å². The van der Waals surface area contributed by atoms with E-state index in [1.165, 1.54) is 0 Å². The van der Waals surface area contributed by atoms with Crippen LogP contribution in [0, 0.1) is 0 Å². The number of amides is 1. The van der Waals surface area contributed by atoms with Crippen LogP contribution in [0.4, 0.5) is 16.4 Å². The maximum atomic E-state index is 12.0. The normalized spacial score (nSPS) is 18.5. The highest BCUT2D eigenvalue weighted by Gasteiger charge is 2.32. The number of pyridine rings is 1. The molecule has 33 heavy (non-hydrogen) atoms. The summed E-state index contributed by atoms with van der Waals surface area (Å²) in [6.07, 6.45) is 9.33. The first-order valence-electron chi connectivity index (χ1n) is 11.5. The van der Waals surface area contributed by atoms with E-state index in [9.17, 15) is 4.79 Å². The second-order valence-electron chi connectivity index (χ2n) is 9.87. The van der Waals surface area contributed by atoms with Gasteiger partial charge in [0.25, 0.3) is 0 Å². The molecule has 9 heteroatoms. The third-order valence-corrected chi connectivity index (χ3v) is 5.65. The number of hydrogen-bond donors (Lipinski definition) is 2. The fourth-order valence-corrected chi connectivity index (χ4v) is 4.09. The Balaban J connectivity index is 1.48. The van der Waals surface area contributed by atoms with Crippen LogP contribution < -0.4 is 10.6 Å². The third kappa shape index (κ3) is 5.53. The van der Waals surface area contributed by atoms with Crippen molar-refractivity contribution in [3.63, 3.8) is 0 Å². The summed E-state index contributed by atoms with van der Waals surface area (Å²) in [7, 11) is 0. The van der Waals surface area contributed by atoms with Gasteiger partial charge >= 0.3 is 6.09 Å². The molecule has 0 saturated heterocycles. The van der Waals surface area contributed by atoms with Crippen molar-refractivity contribution in [2.45, 2.75) is 77.5 Å². The molecular formula is C24H33N7O2. The number of hydrogen-bond acceptors (Lipinski definition) is 6. The fourth-order valence-electron chi connectivity index (χ4n) is 4.09. The van der Waals surface area contributed by atoms with Crippen molar-refractivity contribution in [2.24, 2.45) is 0 Å². The van der Waals surface area contributed by atoms with Crippen molar-refractivity contribution >= 4 is 17.7 Å². The monoisotopic (exact) mass is 451 g/mol. The van der Waals surface area contributed by atoms with Crippen LogP contribution in [0.25, 0.3) is 5.69 Å². The highest BCUT2D eigenvalue weighted by Crippen LogP contribution is 2.37. The van der Waals surface area contributed by atoms with Gasteiger partial charge in [-0.3, -0.25) is 0 Å². The lowest BCUT2D eigenvalue weighted by Crippen LogP contribution is -2.33. The number of nitrogens with zero attached hydrogens (tertiary/aromatic N) is 5. The van der Waals surface area contributed by atoms with E-state index < -0.39 is 0 Å². The minimum atomic E-state index is -0.344. The average molecular weight is 452 g/mol. The van der Waals surface area contributed by atoms with E-state index in [0.717, 1.165) is 42.3 Å². The predicted octanol–water partition coefficient (Wildman–Crippen LogP) is 4.73. The molecule has 1 aliphatic rings. The summed E-state index contributed by atoms with van der Waals surface area (Å²) in [5.41, 5.74) is 1.75. The number of imidazole rings is 1. The predicted molar refractivity (Wildman–Crippen MR) is 127 cm³/mol. The van der Waals surface area contributed by atoms with E-state index in [4.69, 9.17) is 9.84 Å². The van der Waals surface area contributed by atoms with Gasteiger partial charge in [0.1, 0.15) is 17.7 Å². The Morgan fingerprint density at radius 2 is 2.06 bits per heavy atom. The van der Waals surface area contributed by atoms with E-state index in [0.29, 0.717) is 0 Å². The number of nitrogens with one attached hydrogen (secondary N) is 2. The van der Waals surface area contributed by atoms with Gasteiger partial charge in [0.2, 0.25) is 0 Å². The van der Waals surface area contributed by atoms with Crippen molar-refractivity contribution in [3.8, 4) is 5.69 Å². The smallest absolute Gasteiger partial charge is 0.407 e. The molecule has 0 radical (unpaired) electrons. The van der Waals surface area contributed by atoms with Gasteiger partial charge in [-0.2, -0.15) is 5.10 Å². The lowest BCUT2D eigenvalue weighted by Gasteiger charge is -2.22. The van der Waals surface area contributed by atoms with Crippen LogP contribution in [0.3, 0.4) is 0 Å². The summed E-state index contributed by atoms with van der Waals surface area (Å²) in [5.74, 6) is 1.89. The summed E-state index contributed by atoms with van der Waals surface area (Å²) in [5, 5.41) is 11.2. The molecule has 1 aliphatic carbocycles. The SMILES string of the molecule is CC(C)NC(=O)O[C@@H]1CC[C@H](c2cc(Nc3ccc(-n4ccnc4)cn3)n(C(C)(C)C)n2)C1. The fraction of sp³-hybridized carbons (Fsp3) is 0.500. The number of aromatic nitrogens is 5. The second kappa shape index (κ2) is 9.25. The Morgan fingerprint density at radius 3 is 2.70 bits per heavy atom. The summed E-state index contributed by atoms with van der Waals surface area (Å²) in [6.45, 7) is 10.2. The second-order valence-corrected chi connectivity index (χ2v) is 9.87. The van der Waals surface area contributed by atoms with Crippen LogP contribution in [0.15, 0.2) is 43.1 Å². The maximum absolute atomic E-state index is 12.0. The first-order chi connectivity index (χ1) is 15.7. The van der Waals surface area contributed by atoms with Crippen LogP contribution in [0.2, 0.25) is 0 Å². The zero-order chi connectivity index (χ0) is 23.6. The van der Waals surface area contributed by atoms with E-state index in [1.807, 2.05) is 47.6 Å². The van der Waals surface area contributed by atoms with Gasteiger partial charge < -0.3 is 19.9 Å². The first kappa shape index (κ1) is 22.8. The van der Waals surface area contributed by atoms with Crippen LogP contribution in [0.1, 0.15) is 65.5 Å². The van der Waals surface area contributed by atoms with Crippen molar-refractivity contribution < 1.29 is 9.53 Å². The number of rotatable bonds is 6. The van der Waals surface area contributed by atoms with E-state index in [1.54, 1.807) is 12.5 Å². The van der Waals surface area contributed by atoms with Gasteiger partial charge in [-0.05, 0) is 66.0 Å². The molecule has 0 bridgehead atoms. The summed E-state index contributed by atoms with van der Waals surface area (Å²) < 4.78 is 9.52. The Labute approximate surface area is 194 Å². The molecule has 3 aromatic heterocycles. The molecule has 4 rings (SSSR count). The van der Waals surface area contributed by atoms with Crippen LogP contribution in [0.5, 0.6) is 0 Å². The van der Waals surface area contributed by atoms with Crippen LogP contribution in [-0.2, 0) is 10.3 Å². The molecule has 3 heterocycles. The highest BCUT2D eigenvalue weighted by atomic mass is 16.6. The molecule has 2 N–H and O–H groups in total. The van der Waals surface area contributed by atoms with E-state index >= 15 is 0 Å². The summed E-state index contributed by atoms with van der Waals surface area (Å²) in [4.78, 5) is 20.6. The molecule has 1 saturated carbocycles. The molecule has 3 aromatic rings. The largest absolute Gasteiger partial charge is 0.446 e. The molecule has 0 unspecified atom stereocenters. The van der Waals surface area contributed by atoms with Gasteiger partial charge in [-0.1, -0.05) is 0 Å². The number of anilines is 2. The minimum Gasteiger partial charge on any atom is -0.446 e.